The van der Waals surface area contributed by atoms with Crippen LogP contribution in [0, 0.1) is 0 Å². The first-order valence-electron chi connectivity index (χ1n) is 7.61. The number of rotatable bonds is 9. The zero-order chi connectivity index (χ0) is 15.0. The minimum Gasteiger partial charge on any atom is -0.370 e. The average Bonchev–Trinajstić information content (AvgIpc) is 2.41. The summed E-state index contributed by atoms with van der Waals surface area (Å²) in [7, 11) is 4.24. The Kier molecular flexibility index (Phi) is 7.55. The smallest absolute Gasteiger partial charge is 0.0562 e. The Morgan fingerprint density at radius 2 is 1.95 bits per heavy atom. The van der Waals surface area contributed by atoms with Crippen molar-refractivity contribution in [3.05, 3.63) is 24.0 Å². The van der Waals surface area contributed by atoms with Gasteiger partial charge in [0.25, 0.3) is 0 Å². The van der Waals surface area contributed by atoms with E-state index in [0.717, 1.165) is 38.3 Å². The molecule has 1 rings (SSSR count). The maximum atomic E-state index is 4.45. The van der Waals surface area contributed by atoms with Crippen LogP contribution in [0.3, 0.4) is 0 Å². The Bertz CT molecular complexity index is 376. The number of likely N-dealkylation sites (N-methyl/N-ethyl adjacent to an activating group) is 1. The van der Waals surface area contributed by atoms with Crippen molar-refractivity contribution in [1.29, 1.82) is 0 Å². The molecule has 0 saturated carbocycles. The molecular formula is C16H30N4. The van der Waals surface area contributed by atoms with Gasteiger partial charge >= 0.3 is 0 Å². The molecule has 0 amide bonds. The van der Waals surface area contributed by atoms with Crippen LogP contribution in [-0.4, -0.2) is 49.7 Å². The highest BCUT2D eigenvalue weighted by molar-refractivity contribution is 5.46. The second-order valence-corrected chi connectivity index (χ2v) is 5.83. The van der Waals surface area contributed by atoms with Gasteiger partial charge in [0.2, 0.25) is 0 Å². The van der Waals surface area contributed by atoms with E-state index in [1.165, 1.54) is 5.69 Å². The fraction of sp³-hybridized carbons (Fsp3) is 0.688. The maximum absolute atomic E-state index is 4.45. The Labute approximate surface area is 124 Å². The minimum absolute atomic E-state index is 0.487. The monoisotopic (exact) mass is 278 g/mol. The molecule has 0 spiro atoms. The molecule has 1 N–H and O–H groups in total. The molecule has 0 aromatic carbocycles. The lowest BCUT2D eigenvalue weighted by Crippen LogP contribution is -2.32. The standard InChI is InChI=1S/C16H30N4/c1-6-9-20(11-10-19(4)5)16-7-8-17-15(12-16)13-18-14(2)3/h7-8,12,14,18H,6,9-11,13H2,1-5H3. The van der Waals surface area contributed by atoms with Gasteiger partial charge in [-0.1, -0.05) is 20.8 Å². The van der Waals surface area contributed by atoms with E-state index in [1.54, 1.807) is 0 Å². The summed E-state index contributed by atoms with van der Waals surface area (Å²) in [6.07, 6.45) is 3.08. The van der Waals surface area contributed by atoms with Gasteiger partial charge in [0.15, 0.2) is 0 Å². The normalized spacial score (nSPS) is 11.3. The molecule has 0 atom stereocenters. The predicted octanol–water partition coefficient (Wildman–Crippen LogP) is 2.36. The number of nitrogens with one attached hydrogen (secondary N) is 1. The first kappa shape index (κ1) is 16.9. The van der Waals surface area contributed by atoms with E-state index in [-0.39, 0.29) is 0 Å². The lowest BCUT2D eigenvalue weighted by molar-refractivity contribution is 0.413. The Morgan fingerprint density at radius 1 is 1.20 bits per heavy atom. The second kappa shape index (κ2) is 8.93. The van der Waals surface area contributed by atoms with E-state index < -0.39 is 0 Å². The fourth-order valence-corrected chi connectivity index (χ4v) is 2.03. The summed E-state index contributed by atoms with van der Waals surface area (Å²) < 4.78 is 0. The molecule has 0 radical (unpaired) electrons. The highest BCUT2D eigenvalue weighted by Crippen LogP contribution is 2.15. The average molecular weight is 278 g/mol. The Morgan fingerprint density at radius 3 is 2.55 bits per heavy atom. The highest BCUT2D eigenvalue weighted by atomic mass is 15.2. The van der Waals surface area contributed by atoms with Crippen molar-refractivity contribution in [3.8, 4) is 0 Å². The Balaban J connectivity index is 2.71. The molecule has 114 valence electrons. The molecule has 0 saturated heterocycles. The number of nitrogens with zero attached hydrogens (tertiary/aromatic N) is 3. The van der Waals surface area contributed by atoms with Crippen LogP contribution < -0.4 is 10.2 Å². The number of pyridine rings is 1. The summed E-state index contributed by atoms with van der Waals surface area (Å²) in [5, 5.41) is 3.42. The van der Waals surface area contributed by atoms with Gasteiger partial charge in [-0.25, -0.2) is 0 Å². The number of anilines is 1. The van der Waals surface area contributed by atoms with Gasteiger partial charge in [-0.05, 0) is 32.6 Å². The third-order valence-electron chi connectivity index (χ3n) is 3.17. The first-order valence-corrected chi connectivity index (χ1v) is 7.61. The van der Waals surface area contributed by atoms with Crippen LogP contribution in [0.5, 0.6) is 0 Å². The molecule has 0 bridgehead atoms. The molecule has 1 aromatic rings. The highest BCUT2D eigenvalue weighted by Gasteiger charge is 2.07. The van der Waals surface area contributed by atoms with E-state index in [2.05, 4.69) is 67.1 Å². The van der Waals surface area contributed by atoms with Gasteiger partial charge in [-0.15, -0.1) is 0 Å². The van der Waals surface area contributed by atoms with Crippen LogP contribution in [0.4, 0.5) is 5.69 Å². The third-order valence-corrected chi connectivity index (χ3v) is 3.17. The minimum atomic E-state index is 0.487. The van der Waals surface area contributed by atoms with Crippen LogP contribution in [-0.2, 0) is 6.54 Å². The predicted molar refractivity (Wildman–Crippen MR) is 87.3 cm³/mol. The first-order chi connectivity index (χ1) is 9.52. The third kappa shape index (κ3) is 6.35. The van der Waals surface area contributed by atoms with Gasteiger partial charge in [0.05, 0.1) is 5.69 Å². The van der Waals surface area contributed by atoms with Crippen molar-refractivity contribution in [3.63, 3.8) is 0 Å². The zero-order valence-corrected chi connectivity index (χ0v) is 13.7. The molecule has 20 heavy (non-hydrogen) atoms. The molecule has 0 aliphatic carbocycles. The van der Waals surface area contributed by atoms with Crippen molar-refractivity contribution in [2.45, 2.75) is 39.8 Å². The van der Waals surface area contributed by atoms with Crippen molar-refractivity contribution in [1.82, 2.24) is 15.2 Å². The van der Waals surface area contributed by atoms with Crippen LogP contribution in [0.15, 0.2) is 18.3 Å². The van der Waals surface area contributed by atoms with Crippen LogP contribution >= 0.6 is 0 Å². The Hall–Kier alpha value is -1.13. The van der Waals surface area contributed by atoms with E-state index in [4.69, 9.17) is 0 Å². The van der Waals surface area contributed by atoms with Gasteiger partial charge in [0, 0.05) is 44.1 Å². The maximum Gasteiger partial charge on any atom is 0.0562 e. The van der Waals surface area contributed by atoms with Crippen molar-refractivity contribution in [2.75, 3.05) is 38.6 Å². The van der Waals surface area contributed by atoms with Gasteiger partial charge in [0.1, 0.15) is 0 Å². The topological polar surface area (TPSA) is 31.4 Å². The number of hydrogen-bond donors (Lipinski definition) is 1. The lowest BCUT2D eigenvalue weighted by atomic mass is 10.2. The summed E-state index contributed by atoms with van der Waals surface area (Å²) in [5.74, 6) is 0. The van der Waals surface area contributed by atoms with Crippen molar-refractivity contribution in [2.24, 2.45) is 0 Å². The molecular weight excluding hydrogens is 248 g/mol. The summed E-state index contributed by atoms with van der Waals surface area (Å²) >= 11 is 0. The molecule has 0 aliphatic rings. The van der Waals surface area contributed by atoms with Crippen molar-refractivity contribution < 1.29 is 0 Å². The molecule has 0 fully saturated rings. The molecule has 1 aromatic heterocycles. The largest absolute Gasteiger partial charge is 0.370 e. The molecule has 1 heterocycles. The van der Waals surface area contributed by atoms with E-state index in [9.17, 15) is 0 Å². The van der Waals surface area contributed by atoms with E-state index in [0.29, 0.717) is 6.04 Å². The van der Waals surface area contributed by atoms with Gasteiger partial charge in [-0.2, -0.15) is 0 Å². The summed E-state index contributed by atoms with van der Waals surface area (Å²) in [6.45, 7) is 10.6. The van der Waals surface area contributed by atoms with Crippen molar-refractivity contribution >= 4 is 5.69 Å². The summed E-state index contributed by atoms with van der Waals surface area (Å²) in [6, 6.07) is 4.81. The van der Waals surface area contributed by atoms with Crippen LogP contribution in [0.2, 0.25) is 0 Å². The number of hydrogen-bond acceptors (Lipinski definition) is 4. The molecule has 0 aliphatic heterocycles. The quantitative estimate of drug-likeness (QED) is 0.751. The SMILES string of the molecule is CCCN(CCN(C)C)c1ccnc(CNC(C)C)c1. The van der Waals surface area contributed by atoms with E-state index in [1.807, 2.05) is 6.20 Å². The van der Waals surface area contributed by atoms with Crippen LogP contribution in [0.25, 0.3) is 0 Å². The van der Waals surface area contributed by atoms with Crippen LogP contribution in [0.1, 0.15) is 32.9 Å². The molecule has 0 unspecified atom stereocenters. The van der Waals surface area contributed by atoms with Gasteiger partial charge in [-0.3, -0.25) is 4.98 Å². The fourth-order valence-electron chi connectivity index (χ4n) is 2.03. The molecule has 4 nitrogen and oxygen atoms in total. The summed E-state index contributed by atoms with van der Waals surface area (Å²) in [4.78, 5) is 9.12. The van der Waals surface area contributed by atoms with E-state index >= 15 is 0 Å². The second-order valence-electron chi connectivity index (χ2n) is 5.83. The zero-order valence-electron chi connectivity index (χ0n) is 13.7. The summed E-state index contributed by atoms with van der Waals surface area (Å²) in [5.41, 5.74) is 2.39. The number of aromatic nitrogens is 1. The van der Waals surface area contributed by atoms with Gasteiger partial charge < -0.3 is 15.1 Å². The lowest BCUT2D eigenvalue weighted by Gasteiger charge is -2.26. The molecule has 4 heteroatoms.